The van der Waals surface area contributed by atoms with Crippen molar-refractivity contribution in [2.75, 3.05) is 5.32 Å². The molecule has 0 saturated carbocycles. The lowest BCUT2D eigenvalue weighted by atomic mass is 10.1. The van der Waals surface area contributed by atoms with E-state index in [1.165, 1.54) is 6.92 Å². The Balaban J connectivity index is 1.88. The number of aromatic nitrogens is 1. The fourth-order valence-corrected chi connectivity index (χ4v) is 2.49. The fraction of sp³-hybridized carbons (Fsp3) is 0.111. The summed E-state index contributed by atoms with van der Waals surface area (Å²) >= 11 is 0. The second-order valence-electron chi connectivity index (χ2n) is 5.25. The number of fused-ring (bicyclic) bond motifs is 1. The number of carbonyl (C=O) groups is 2. The Morgan fingerprint density at radius 2 is 1.73 bits per heavy atom. The first-order chi connectivity index (χ1) is 10.6. The molecule has 0 fully saturated rings. The Hall–Kier alpha value is -2.88. The zero-order valence-corrected chi connectivity index (χ0v) is 12.5. The van der Waals surface area contributed by atoms with Crippen LogP contribution >= 0.6 is 0 Å². The molecular formula is C18H16N2O2. The van der Waals surface area contributed by atoms with E-state index in [0.717, 1.165) is 10.9 Å². The van der Waals surface area contributed by atoms with E-state index in [1.807, 2.05) is 42.1 Å². The highest BCUT2D eigenvalue weighted by Crippen LogP contribution is 2.21. The Bertz CT molecular complexity index is 860. The molecule has 4 heteroatoms. The number of Topliss-reactive ketones (excluding diaryl/α,β-unsaturated/α-hetero) is 1. The second-order valence-corrected chi connectivity index (χ2v) is 5.25. The van der Waals surface area contributed by atoms with E-state index in [2.05, 4.69) is 5.32 Å². The number of ketones is 1. The van der Waals surface area contributed by atoms with Gasteiger partial charge in [-0.3, -0.25) is 9.59 Å². The summed E-state index contributed by atoms with van der Waals surface area (Å²) in [6.45, 7) is 1.52. The normalized spacial score (nSPS) is 10.6. The summed E-state index contributed by atoms with van der Waals surface area (Å²) in [7, 11) is 1.95. The summed E-state index contributed by atoms with van der Waals surface area (Å²) in [5.41, 5.74) is 2.94. The Labute approximate surface area is 128 Å². The molecule has 1 heterocycles. The summed E-state index contributed by atoms with van der Waals surface area (Å²) in [4.78, 5) is 23.7. The number of nitrogens with zero attached hydrogens (tertiary/aromatic N) is 1. The molecule has 0 aliphatic heterocycles. The van der Waals surface area contributed by atoms with Crippen LogP contribution in [0.1, 0.15) is 27.6 Å². The highest BCUT2D eigenvalue weighted by molar-refractivity contribution is 6.12. The molecule has 1 aromatic heterocycles. The molecule has 110 valence electrons. The van der Waals surface area contributed by atoms with Gasteiger partial charge in [0.2, 0.25) is 0 Å². The summed E-state index contributed by atoms with van der Waals surface area (Å²) in [5, 5.41) is 3.79. The molecule has 0 aliphatic carbocycles. The van der Waals surface area contributed by atoms with Crippen molar-refractivity contribution in [3.63, 3.8) is 0 Å². The minimum atomic E-state index is -0.160. The Morgan fingerprint density at radius 3 is 2.41 bits per heavy atom. The van der Waals surface area contributed by atoms with Crippen LogP contribution in [-0.4, -0.2) is 16.3 Å². The zero-order valence-electron chi connectivity index (χ0n) is 12.5. The molecule has 1 amide bonds. The maximum Gasteiger partial charge on any atom is 0.256 e. The third-order valence-electron chi connectivity index (χ3n) is 3.72. The van der Waals surface area contributed by atoms with Crippen molar-refractivity contribution in [3.05, 3.63) is 65.9 Å². The Morgan fingerprint density at radius 1 is 1.00 bits per heavy atom. The average Bonchev–Trinajstić information content (AvgIpc) is 2.89. The van der Waals surface area contributed by atoms with Gasteiger partial charge in [-0.05, 0) is 49.4 Å². The van der Waals surface area contributed by atoms with E-state index < -0.39 is 0 Å². The quantitative estimate of drug-likeness (QED) is 0.749. The van der Waals surface area contributed by atoms with Gasteiger partial charge in [-0.15, -0.1) is 0 Å². The minimum Gasteiger partial charge on any atom is -0.351 e. The maximum atomic E-state index is 12.5. The number of carbonyl (C=O) groups excluding carboxylic acids is 2. The lowest BCUT2D eigenvalue weighted by Gasteiger charge is -2.07. The van der Waals surface area contributed by atoms with E-state index >= 15 is 0 Å². The SMILES string of the molecule is CC(=O)c1ccc(NC(=O)c2cccc3c2ccn3C)cc1. The third kappa shape index (κ3) is 2.51. The van der Waals surface area contributed by atoms with Crippen LogP contribution in [0.15, 0.2) is 54.7 Å². The van der Waals surface area contributed by atoms with Gasteiger partial charge in [0.1, 0.15) is 0 Å². The molecule has 0 radical (unpaired) electrons. The predicted octanol–water partition coefficient (Wildman–Crippen LogP) is 3.63. The van der Waals surface area contributed by atoms with Gasteiger partial charge in [-0.1, -0.05) is 6.07 Å². The smallest absolute Gasteiger partial charge is 0.256 e. The number of hydrogen-bond donors (Lipinski definition) is 1. The van der Waals surface area contributed by atoms with Gasteiger partial charge in [0.05, 0.1) is 0 Å². The van der Waals surface area contributed by atoms with Gasteiger partial charge < -0.3 is 9.88 Å². The average molecular weight is 292 g/mol. The molecule has 2 aromatic carbocycles. The van der Waals surface area contributed by atoms with Crippen LogP contribution in [0.2, 0.25) is 0 Å². The first kappa shape index (κ1) is 14.1. The van der Waals surface area contributed by atoms with Crippen LogP contribution < -0.4 is 5.32 Å². The molecule has 3 aromatic rings. The summed E-state index contributed by atoms with van der Waals surface area (Å²) < 4.78 is 1.98. The standard InChI is InChI=1S/C18H16N2O2/c1-12(21)13-6-8-14(9-7-13)19-18(22)16-4-3-5-17-15(16)10-11-20(17)2/h3-11H,1-2H3,(H,19,22). The van der Waals surface area contributed by atoms with Crippen LogP contribution in [0.4, 0.5) is 5.69 Å². The van der Waals surface area contributed by atoms with Crippen LogP contribution in [0.5, 0.6) is 0 Å². The van der Waals surface area contributed by atoms with Gasteiger partial charge in [0.15, 0.2) is 5.78 Å². The largest absolute Gasteiger partial charge is 0.351 e. The molecule has 1 N–H and O–H groups in total. The molecule has 0 spiro atoms. The first-order valence-electron chi connectivity index (χ1n) is 7.02. The fourth-order valence-electron chi connectivity index (χ4n) is 2.49. The highest BCUT2D eigenvalue weighted by Gasteiger charge is 2.11. The maximum absolute atomic E-state index is 12.5. The lowest BCUT2D eigenvalue weighted by Crippen LogP contribution is -2.12. The molecular weight excluding hydrogens is 276 g/mol. The van der Waals surface area contributed by atoms with E-state index in [0.29, 0.717) is 16.8 Å². The van der Waals surface area contributed by atoms with Crippen LogP contribution in [-0.2, 0) is 7.05 Å². The van der Waals surface area contributed by atoms with Gasteiger partial charge >= 0.3 is 0 Å². The van der Waals surface area contributed by atoms with Crippen molar-refractivity contribution in [1.82, 2.24) is 4.57 Å². The predicted molar refractivity (Wildman–Crippen MR) is 87.3 cm³/mol. The number of aryl methyl sites for hydroxylation is 1. The van der Waals surface area contributed by atoms with Gasteiger partial charge in [0, 0.05) is 41.0 Å². The molecule has 0 unspecified atom stereocenters. The summed E-state index contributed by atoms with van der Waals surface area (Å²) in [6.07, 6.45) is 1.93. The number of nitrogens with one attached hydrogen (secondary N) is 1. The highest BCUT2D eigenvalue weighted by atomic mass is 16.1. The molecule has 0 atom stereocenters. The first-order valence-corrected chi connectivity index (χ1v) is 7.02. The van der Waals surface area contributed by atoms with Crippen LogP contribution in [0.3, 0.4) is 0 Å². The number of anilines is 1. The molecule has 3 rings (SSSR count). The van der Waals surface area contributed by atoms with E-state index in [1.54, 1.807) is 24.3 Å². The van der Waals surface area contributed by atoms with E-state index in [9.17, 15) is 9.59 Å². The van der Waals surface area contributed by atoms with Crippen molar-refractivity contribution in [2.24, 2.45) is 7.05 Å². The summed E-state index contributed by atoms with van der Waals surface area (Å²) in [6, 6.07) is 14.5. The van der Waals surface area contributed by atoms with Crippen molar-refractivity contribution in [1.29, 1.82) is 0 Å². The topological polar surface area (TPSA) is 51.1 Å². The van der Waals surface area contributed by atoms with Gasteiger partial charge in [-0.25, -0.2) is 0 Å². The zero-order chi connectivity index (χ0) is 15.7. The van der Waals surface area contributed by atoms with Crippen molar-refractivity contribution in [3.8, 4) is 0 Å². The minimum absolute atomic E-state index is 0.00642. The number of amides is 1. The third-order valence-corrected chi connectivity index (χ3v) is 3.72. The van der Waals surface area contributed by atoms with Crippen LogP contribution in [0.25, 0.3) is 10.9 Å². The van der Waals surface area contributed by atoms with Crippen molar-refractivity contribution in [2.45, 2.75) is 6.92 Å². The van der Waals surface area contributed by atoms with Gasteiger partial charge in [-0.2, -0.15) is 0 Å². The Kier molecular flexibility index (Phi) is 3.51. The van der Waals surface area contributed by atoms with E-state index in [4.69, 9.17) is 0 Å². The molecule has 0 aliphatic rings. The molecule has 0 bridgehead atoms. The van der Waals surface area contributed by atoms with Crippen LogP contribution in [0, 0.1) is 0 Å². The monoisotopic (exact) mass is 292 g/mol. The lowest BCUT2D eigenvalue weighted by molar-refractivity contribution is 0.101. The molecule has 22 heavy (non-hydrogen) atoms. The molecule has 0 saturated heterocycles. The van der Waals surface area contributed by atoms with Crippen molar-refractivity contribution < 1.29 is 9.59 Å². The van der Waals surface area contributed by atoms with E-state index in [-0.39, 0.29) is 11.7 Å². The number of hydrogen-bond acceptors (Lipinski definition) is 2. The van der Waals surface area contributed by atoms with Gasteiger partial charge in [0.25, 0.3) is 5.91 Å². The molecule has 4 nitrogen and oxygen atoms in total. The van der Waals surface area contributed by atoms with Crippen molar-refractivity contribution >= 4 is 28.3 Å². The second kappa shape index (κ2) is 5.48. The number of rotatable bonds is 3. The number of benzene rings is 2. The summed E-state index contributed by atoms with van der Waals surface area (Å²) in [5.74, 6) is -0.153.